The van der Waals surface area contributed by atoms with E-state index in [1.54, 1.807) is 6.92 Å². The van der Waals surface area contributed by atoms with Crippen LogP contribution in [0.5, 0.6) is 0 Å². The number of carboxylic acids is 2. The predicted molar refractivity (Wildman–Crippen MR) is 53.2 cm³/mol. The van der Waals surface area contributed by atoms with Crippen LogP contribution in [0.4, 0.5) is 0 Å². The molecule has 0 amide bonds. The summed E-state index contributed by atoms with van der Waals surface area (Å²) in [5.41, 5.74) is 4.85. The van der Waals surface area contributed by atoms with Crippen molar-refractivity contribution in [3.05, 3.63) is 23.3 Å². The summed E-state index contributed by atoms with van der Waals surface area (Å²) in [7, 11) is 0. The predicted octanol–water partition coefficient (Wildman–Crippen LogP) is 0.377. The number of carbonyl (C=O) groups is 2. The van der Waals surface area contributed by atoms with Crippen molar-refractivity contribution in [3.63, 3.8) is 0 Å². The van der Waals surface area contributed by atoms with Crippen LogP contribution in [0.2, 0.25) is 0 Å². The van der Waals surface area contributed by atoms with Crippen molar-refractivity contribution < 1.29 is 19.8 Å². The first-order valence-electron chi connectivity index (χ1n) is 4.48. The highest BCUT2D eigenvalue weighted by atomic mass is 16.4. The van der Waals surface area contributed by atoms with Crippen LogP contribution in [-0.2, 0) is 9.59 Å². The summed E-state index contributed by atoms with van der Waals surface area (Å²) in [6.07, 6.45) is 2.92. The molecule has 0 spiro atoms. The van der Waals surface area contributed by atoms with Crippen LogP contribution in [0, 0.1) is 5.41 Å². The Balaban J connectivity index is 3.14. The molecule has 82 valence electrons. The lowest BCUT2D eigenvalue weighted by Crippen LogP contribution is -2.39. The van der Waals surface area contributed by atoms with Crippen LogP contribution in [0.1, 0.15) is 13.3 Å². The van der Waals surface area contributed by atoms with E-state index in [-0.39, 0.29) is 18.5 Å². The molecule has 0 bridgehead atoms. The lowest BCUT2D eigenvalue weighted by Gasteiger charge is -2.28. The highest BCUT2D eigenvalue weighted by molar-refractivity contribution is 5.90. The number of rotatable bonds is 3. The van der Waals surface area contributed by atoms with E-state index in [0.717, 1.165) is 0 Å². The summed E-state index contributed by atoms with van der Waals surface area (Å²) in [4.78, 5) is 21.9. The fraction of sp³-hybridized carbons (Fsp3) is 0.400. The molecule has 0 fully saturated rings. The highest BCUT2D eigenvalue weighted by Gasteiger charge is 2.39. The third-order valence-corrected chi connectivity index (χ3v) is 2.48. The minimum absolute atomic E-state index is 0.0640. The maximum absolute atomic E-state index is 11.1. The van der Waals surface area contributed by atoms with E-state index in [9.17, 15) is 9.59 Å². The molecule has 0 saturated carbocycles. The van der Waals surface area contributed by atoms with Gasteiger partial charge in [-0.05, 0) is 13.0 Å². The first-order valence-corrected chi connectivity index (χ1v) is 4.48. The number of allylic oxidation sites excluding steroid dienone is 2. The number of hydrogen-bond acceptors (Lipinski definition) is 3. The second kappa shape index (κ2) is 3.86. The third-order valence-electron chi connectivity index (χ3n) is 2.48. The fourth-order valence-corrected chi connectivity index (χ4v) is 1.69. The van der Waals surface area contributed by atoms with Gasteiger partial charge in [0.05, 0.1) is 0 Å². The Morgan fingerprint density at radius 1 is 1.53 bits per heavy atom. The first-order chi connectivity index (χ1) is 6.91. The minimum Gasteiger partial charge on any atom is -0.481 e. The summed E-state index contributed by atoms with van der Waals surface area (Å²) >= 11 is 0. The van der Waals surface area contributed by atoms with Crippen LogP contribution in [0.3, 0.4) is 0 Å². The maximum Gasteiger partial charge on any atom is 0.331 e. The molecular weight excluding hydrogens is 198 g/mol. The van der Waals surface area contributed by atoms with E-state index >= 15 is 0 Å². The monoisotopic (exact) mass is 211 g/mol. The SMILES string of the molecule is CC1=C[C@@](CN)(C(=O)O)CC(C(=O)O)=C1. The zero-order valence-electron chi connectivity index (χ0n) is 8.36. The molecule has 0 aromatic carbocycles. The molecule has 1 aliphatic rings. The molecule has 0 aliphatic heterocycles. The Labute approximate surface area is 86.9 Å². The average molecular weight is 211 g/mol. The third kappa shape index (κ3) is 2.07. The largest absolute Gasteiger partial charge is 0.481 e. The second-order valence-electron chi connectivity index (χ2n) is 3.71. The summed E-state index contributed by atoms with van der Waals surface area (Å²) in [5.74, 6) is -2.18. The van der Waals surface area contributed by atoms with Gasteiger partial charge in [-0.15, -0.1) is 0 Å². The van der Waals surface area contributed by atoms with E-state index in [4.69, 9.17) is 15.9 Å². The molecule has 1 aliphatic carbocycles. The fourth-order valence-electron chi connectivity index (χ4n) is 1.69. The second-order valence-corrected chi connectivity index (χ2v) is 3.71. The Morgan fingerprint density at radius 3 is 2.53 bits per heavy atom. The smallest absolute Gasteiger partial charge is 0.331 e. The first kappa shape index (κ1) is 11.5. The van der Waals surface area contributed by atoms with Crippen LogP contribution < -0.4 is 5.73 Å². The molecule has 15 heavy (non-hydrogen) atoms. The molecule has 0 radical (unpaired) electrons. The van der Waals surface area contributed by atoms with Gasteiger partial charge in [-0.25, -0.2) is 4.79 Å². The summed E-state index contributed by atoms with van der Waals surface area (Å²) in [6.45, 7) is 1.56. The van der Waals surface area contributed by atoms with Crippen molar-refractivity contribution >= 4 is 11.9 Å². The van der Waals surface area contributed by atoms with Gasteiger partial charge in [0.25, 0.3) is 0 Å². The average Bonchev–Trinajstić information content (AvgIpc) is 2.16. The van der Waals surface area contributed by atoms with Crippen LogP contribution in [0.25, 0.3) is 0 Å². The molecule has 0 aromatic rings. The molecular formula is C10H13NO4. The van der Waals surface area contributed by atoms with Gasteiger partial charge in [-0.1, -0.05) is 11.6 Å². The van der Waals surface area contributed by atoms with Crippen LogP contribution in [-0.4, -0.2) is 28.7 Å². The van der Waals surface area contributed by atoms with Gasteiger partial charge in [0.1, 0.15) is 5.41 Å². The Kier molecular flexibility index (Phi) is 2.95. The number of hydrogen-bond donors (Lipinski definition) is 3. The van der Waals surface area contributed by atoms with Crippen LogP contribution >= 0.6 is 0 Å². The van der Waals surface area contributed by atoms with Gasteiger partial charge in [0.2, 0.25) is 0 Å². The number of aliphatic carboxylic acids is 2. The highest BCUT2D eigenvalue weighted by Crippen LogP contribution is 2.33. The van der Waals surface area contributed by atoms with Gasteiger partial charge in [-0.2, -0.15) is 0 Å². The van der Waals surface area contributed by atoms with Crippen molar-refractivity contribution in [1.82, 2.24) is 0 Å². The molecule has 0 unspecified atom stereocenters. The molecule has 5 heteroatoms. The minimum atomic E-state index is -1.27. The lowest BCUT2D eigenvalue weighted by molar-refractivity contribution is -0.145. The van der Waals surface area contributed by atoms with Gasteiger partial charge >= 0.3 is 11.9 Å². The Bertz CT molecular complexity index is 370. The zero-order valence-corrected chi connectivity index (χ0v) is 8.36. The summed E-state index contributed by atoms with van der Waals surface area (Å²) in [5, 5.41) is 17.9. The van der Waals surface area contributed by atoms with Gasteiger partial charge in [0.15, 0.2) is 0 Å². The van der Waals surface area contributed by atoms with Crippen molar-refractivity contribution in [3.8, 4) is 0 Å². The van der Waals surface area contributed by atoms with Gasteiger partial charge in [0, 0.05) is 18.5 Å². The van der Waals surface area contributed by atoms with Crippen molar-refractivity contribution in [2.75, 3.05) is 6.54 Å². The zero-order chi connectivity index (χ0) is 11.6. The van der Waals surface area contributed by atoms with Crippen molar-refractivity contribution in [2.24, 2.45) is 11.1 Å². The Hall–Kier alpha value is -1.62. The van der Waals surface area contributed by atoms with Crippen molar-refractivity contribution in [1.29, 1.82) is 0 Å². The Morgan fingerprint density at radius 2 is 2.13 bits per heavy atom. The summed E-state index contributed by atoms with van der Waals surface area (Å²) in [6, 6.07) is 0. The topological polar surface area (TPSA) is 101 Å². The lowest BCUT2D eigenvalue weighted by atomic mass is 9.76. The molecule has 4 N–H and O–H groups in total. The van der Waals surface area contributed by atoms with Crippen LogP contribution in [0.15, 0.2) is 23.3 Å². The number of carboxylic acid groups (broad SMARTS) is 2. The molecule has 1 atom stereocenters. The summed E-state index contributed by atoms with van der Waals surface area (Å²) < 4.78 is 0. The molecule has 5 nitrogen and oxygen atoms in total. The molecule has 0 saturated heterocycles. The van der Waals surface area contributed by atoms with Gasteiger partial charge in [-0.3, -0.25) is 4.79 Å². The van der Waals surface area contributed by atoms with E-state index < -0.39 is 17.4 Å². The van der Waals surface area contributed by atoms with E-state index in [1.807, 2.05) is 0 Å². The number of nitrogens with two attached hydrogens (primary N) is 1. The van der Waals surface area contributed by atoms with Crippen molar-refractivity contribution in [2.45, 2.75) is 13.3 Å². The van der Waals surface area contributed by atoms with Gasteiger partial charge < -0.3 is 15.9 Å². The van der Waals surface area contributed by atoms with E-state index in [1.165, 1.54) is 12.2 Å². The normalized spacial score (nSPS) is 25.5. The maximum atomic E-state index is 11.1. The molecule has 0 aromatic heterocycles. The molecule has 0 heterocycles. The van der Waals surface area contributed by atoms with E-state index in [0.29, 0.717) is 5.57 Å². The molecule has 1 rings (SSSR count). The standard InChI is InChI=1S/C10H13NO4/c1-6-2-7(8(12)13)4-10(3-6,5-11)9(14)15/h2-3H,4-5,11H2,1H3,(H,12,13)(H,14,15)/t10-/m1/s1. The quantitative estimate of drug-likeness (QED) is 0.626. The van der Waals surface area contributed by atoms with E-state index in [2.05, 4.69) is 0 Å².